The van der Waals surface area contributed by atoms with Crippen LogP contribution in [0.5, 0.6) is 0 Å². The molecule has 0 saturated heterocycles. The topological polar surface area (TPSA) is 49.8 Å². The van der Waals surface area contributed by atoms with E-state index in [-0.39, 0.29) is 0 Å². The van der Waals surface area contributed by atoms with Crippen molar-refractivity contribution in [3.05, 3.63) is 35.4 Å². The van der Waals surface area contributed by atoms with Gasteiger partial charge in [0.1, 0.15) is 6.61 Å². The summed E-state index contributed by atoms with van der Waals surface area (Å²) in [5.41, 5.74) is 2.07. The molecule has 0 bridgehead atoms. The smallest absolute Gasteiger partial charge is 0.431 e. The molecule has 4 nitrogen and oxygen atoms in total. The number of amides is 1. The fraction of sp³-hybridized carbons (Fsp3) is 0.222. The molecule has 2 rings (SSSR count). The summed E-state index contributed by atoms with van der Waals surface area (Å²) >= 11 is 0. The van der Waals surface area contributed by atoms with Gasteiger partial charge in [0.2, 0.25) is 0 Å². The number of fused-ring (bicyclic) bond motifs is 1. The van der Waals surface area contributed by atoms with Crippen LogP contribution in [-0.2, 0) is 18.0 Å². The Bertz CT molecular complexity index is 337. The summed E-state index contributed by atoms with van der Waals surface area (Å²) in [7, 11) is 0. The zero-order chi connectivity index (χ0) is 9.26. The van der Waals surface area contributed by atoms with Crippen LogP contribution in [0.25, 0.3) is 0 Å². The highest BCUT2D eigenvalue weighted by Gasteiger charge is 2.20. The lowest BCUT2D eigenvalue weighted by molar-refractivity contribution is -0.157. The highest BCUT2D eigenvalue weighted by atomic mass is 16.7. The zero-order valence-electron chi connectivity index (χ0n) is 6.93. The summed E-state index contributed by atoms with van der Waals surface area (Å²) in [5.74, 6) is 0. The molecule has 0 atom stereocenters. The van der Waals surface area contributed by atoms with Crippen LogP contribution in [0.4, 0.5) is 4.79 Å². The van der Waals surface area contributed by atoms with Gasteiger partial charge in [0.05, 0.1) is 6.54 Å². The number of nitrogens with zero attached hydrogens (tertiary/aromatic N) is 1. The van der Waals surface area contributed by atoms with Crippen LogP contribution in [0.15, 0.2) is 24.3 Å². The highest BCUT2D eigenvalue weighted by molar-refractivity contribution is 5.63. The van der Waals surface area contributed by atoms with Crippen molar-refractivity contribution in [2.75, 3.05) is 0 Å². The Morgan fingerprint density at radius 3 is 2.77 bits per heavy atom. The summed E-state index contributed by atoms with van der Waals surface area (Å²) in [6.45, 7) is 0.647. The first-order valence-corrected chi connectivity index (χ1v) is 3.97. The molecule has 4 heteroatoms. The van der Waals surface area contributed by atoms with E-state index in [1.165, 1.54) is 0 Å². The van der Waals surface area contributed by atoms with Crippen molar-refractivity contribution in [2.24, 2.45) is 0 Å². The Balaban J connectivity index is 2.24. The van der Waals surface area contributed by atoms with Crippen molar-refractivity contribution in [3.63, 3.8) is 0 Å². The number of hydroxylamine groups is 2. The lowest BCUT2D eigenvalue weighted by Gasteiger charge is -2.25. The third-order valence-corrected chi connectivity index (χ3v) is 2.02. The van der Waals surface area contributed by atoms with Gasteiger partial charge in [0.15, 0.2) is 0 Å². The summed E-state index contributed by atoms with van der Waals surface area (Å²) < 4.78 is 0. The third-order valence-electron chi connectivity index (χ3n) is 2.02. The van der Waals surface area contributed by atoms with Gasteiger partial charge >= 0.3 is 6.09 Å². The molecular formula is C9H9NO3. The van der Waals surface area contributed by atoms with Gasteiger partial charge in [-0.1, -0.05) is 24.3 Å². The molecule has 1 aliphatic heterocycles. The van der Waals surface area contributed by atoms with E-state index in [2.05, 4.69) is 0 Å². The number of carbonyl (C=O) groups is 1. The van der Waals surface area contributed by atoms with E-state index >= 15 is 0 Å². The van der Waals surface area contributed by atoms with E-state index in [1.54, 1.807) is 0 Å². The first kappa shape index (κ1) is 8.07. The minimum Gasteiger partial charge on any atom is -0.463 e. The van der Waals surface area contributed by atoms with Crippen LogP contribution in [0, 0.1) is 0 Å². The lowest BCUT2D eigenvalue weighted by atomic mass is 10.1. The zero-order valence-corrected chi connectivity index (χ0v) is 6.93. The van der Waals surface area contributed by atoms with Crippen LogP contribution >= 0.6 is 0 Å². The number of hydrogen-bond acceptors (Lipinski definition) is 2. The van der Waals surface area contributed by atoms with Gasteiger partial charge in [-0.05, 0) is 11.1 Å². The molecule has 0 radical (unpaired) electrons. The Kier molecular flexibility index (Phi) is 1.90. The summed E-state index contributed by atoms with van der Waals surface area (Å²) in [6, 6.07) is 7.66. The summed E-state index contributed by atoms with van der Waals surface area (Å²) in [4.78, 5) is 15.6. The van der Waals surface area contributed by atoms with Crippen molar-refractivity contribution in [1.82, 2.24) is 5.06 Å². The van der Waals surface area contributed by atoms with Crippen LogP contribution in [0.2, 0.25) is 0 Å². The number of carboxylic acid groups (broad SMARTS) is 1. The van der Waals surface area contributed by atoms with Gasteiger partial charge in [-0.3, -0.25) is 4.84 Å². The Morgan fingerprint density at radius 2 is 2.08 bits per heavy atom. The first-order valence-electron chi connectivity index (χ1n) is 3.97. The molecule has 1 N–H and O–H groups in total. The van der Waals surface area contributed by atoms with Gasteiger partial charge in [0, 0.05) is 0 Å². The van der Waals surface area contributed by atoms with Gasteiger partial charge in [-0.2, -0.15) is 5.06 Å². The highest BCUT2D eigenvalue weighted by Crippen LogP contribution is 2.18. The van der Waals surface area contributed by atoms with E-state index < -0.39 is 6.09 Å². The number of rotatable bonds is 0. The standard InChI is InChI=1S/C9H9NO3/c11-9(12)10-5-7-3-1-2-4-8(7)6-13-10/h1-4H,5-6H2,(H,11,12). The van der Waals surface area contributed by atoms with Crippen molar-refractivity contribution >= 4 is 6.09 Å². The average molecular weight is 179 g/mol. The van der Waals surface area contributed by atoms with Crippen molar-refractivity contribution < 1.29 is 14.7 Å². The predicted octanol–water partition coefficient (Wildman–Crippen LogP) is 1.61. The van der Waals surface area contributed by atoms with Crippen LogP contribution in [-0.4, -0.2) is 16.3 Å². The number of hydrogen-bond donors (Lipinski definition) is 1. The largest absolute Gasteiger partial charge is 0.463 e. The molecule has 0 aromatic heterocycles. The molecule has 1 aromatic carbocycles. The van der Waals surface area contributed by atoms with Crippen LogP contribution in [0.3, 0.4) is 0 Å². The van der Waals surface area contributed by atoms with Crippen molar-refractivity contribution in [2.45, 2.75) is 13.2 Å². The van der Waals surface area contributed by atoms with Gasteiger partial charge in [-0.15, -0.1) is 0 Å². The lowest BCUT2D eigenvalue weighted by Crippen LogP contribution is -2.32. The number of benzene rings is 1. The van der Waals surface area contributed by atoms with E-state index in [1.807, 2.05) is 24.3 Å². The molecule has 0 fully saturated rings. The van der Waals surface area contributed by atoms with Gasteiger partial charge < -0.3 is 5.11 Å². The molecule has 68 valence electrons. The SMILES string of the molecule is O=C(O)N1Cc2ccccc2CO1. The Morgan fingerprint density at radius 1 is 1.38 bits per heavy atom. The van der Waals surface area contributed by atoms with E-state index in [0.29, 0.717) is 13.2 Å². The summed E-state index contributed by atoms with van der Waals surface area (Å²) in [5, 5.41) is 9.61. The summed E-state index contributed by atoms with van der Waals surface area (Å²) in [6.07, 6.45) is -1.05. The first-order chi connectivity index (χ1) is 6.27. The van der Waals surface area contributed by atoms with E-state index in [0.717, 1.165) is 16.2 Å². The minimum atomic E-state index is -1.05. The molecule has 1 aliphatic rings. The monoisotopic (exact) mass is 179 g/mol. The molecular weight excluding hydrogens is 170 g/mol. The predicted molar refractivity (Wildman–Crippen MR) is 44.8 cm³/mol. The Hall–Kier alpha value is -1.55. The van der Waals surface area contributed by atoms with Gasteiger partial charge in [-0.25, -0.2) is 4.79 Å². The van der Waals surface area contributed by atoms with Gasteiger partial charge in [0.25, 0.3) is 0 Å². The minimum absolute atomic E-state index is 0.311. The second-order valence-electron chi connectivity index (χ2n) is 2.86. The van der Waals surface area contributed by atoms with Crippen molar-refractivity contribution in [3.8, 4) is 0 Å². The second kappa shape index (κ2) is 3.06. The molecule has 0 saturated carbocycles. The molecule has 0 spiro atoms. The fourth-order valence-corrected chi connectivity index (χ4v) is 1.32. The van der Waals surface area contributed by atoms with Crippen LogP contribution < -0.4 is 0 Å². The Labute approximate surface area is 75.3 Å². The second-order valence-corrected chi connectivity index (χ2v) is 2.86. The molecule has 0 aliphatic carbocycles. The maximum absolute atomic E-state index is 10.6. The van der Waals surface area contributed by atoms with Crippen molar-refractivity contribution in [1.29, 1.82) is 0 Å². The maximum Gasteiger partial charge on any atom is 0.431 e. The molecule has 1 heterocycles. The average Bonchev–Trinajstić information content (AvgIpc) is 2.17. The normalized spacial score (nSPS) is 15.2. The molecule has 1 amide bonds. The third kappa shape index (κ3) is 1.48. The van der Waals surface area contributed by atoms with E-state index in [9.17, 15) is 4.79 Å². The molecule has 0 unspecified atom stereocenters. The quantitative estimate of drug-likeness (QED) is 0.658. The molecule has 13 heavy (non-hydrogen) atoms. The van der Waals surface area contributed by atoms with E-state index in [4.69, 9.17) is 9.94 Å². The molecule has 1 aromatic rings. The van der Waals surface area contributed by atoms with Crippen LogP contribution in [0.1, 0.15) is 11.1 Å². The fourth-order valence-electron chi connectivity index (χ4n) is 1.32. The maximum atomic E-state index is 10.6.